The number of thiophene rings is 3. The number of aromatic hydroxyl groups is 3. The van der Waals surface area contributed by atoms with E-state index in [1.807, 2.05) is 136 Å². The van der Waals surface area contributed by atoms with Gasteiger partial charge in [-0.2, -0.15) is 0 Å². The minimum absolute atomic E-state index is 0.0124. The Hall–Kier alpha value is -9.23. The van der Waals surface area contributed by atoms with E-state index in [1.165, 1.54) is 71.5 Å². The van der Waals surface area contributed by atoms with Crippen molar-refractivity contribution >= 4 is 93.2 Å². The summed E-state index contributed by atoms with van der Waals surface area (Å²) in [5.74, 6) is 4.73. The summed E-state index contributed by atoms with van der Waals surface area (Å²) in [7, 11) is 0. The van der Waals surface area contributed by atoms with Crippen molar-refractivity contribution in [2.24, 2.45) is 17.8 Å². The Labute approximate surface area is 630 Å². The lowest BCUT2D eigenvalue weighted by Gasteiger charge is -2.15. The fourth-order valence-electron chi connectivity index (χ4n) is 14.5. The summed E-state index contributed by atoms with van der Waals surface area (Å²) < 4.78 is 34.2. The molecule has 540 valence electrons. The minimum Gasteiger partial charge on any atom is -0.508 e. The number of carbonyl (C=O) groups is 3. The van der Waals surface area contributed by atoms with Crippen LogP contribution in [0.3, 0.4) is 0 Å². The zero-order valence-electron chi connectivity index (χ0n) is 60.3. The van der Waals surface area contributed by atoms with Gasteiger partial charge in [0, 0.05) is 108 Å². The average Bonchev–Trinajstić information content (AvgIpc) is 1.64. The number of phenols is 3. The molecule has 12 nitrogen and oxygen atoms in total. The molecule has 3 atom stereocenters. The molecule has 0 bridgehead atoms. The van der Waals surface area contributed by atoms with Crippen molar-refractivity contribution in [3.05, 3.63) is 246 Å². The van der Waals surface area contributed by atoms with Gasteiger partial charge in [0.05, 0.1) is 14.6 Å². The van der Waals surface area contributed by atoms with Gasteiger partial charge in [0.1, 0.15) is 60.1 Å². The van der Waals surface area contributed by atoms with Gasteiger partial charge in [0.25, 0.3) is 0 Å². The maximum absolute atomic E-state index is 13.7. The van der Waals surface area contributed by atoms with Gasteiger partial charge in [-0.3, -0.25) is 29.1 Å². The first kappa shape index (κ1) is 74.1. The lowest BCUT2D eigenvalue weighted by molar-refractivity contribution is 0.103. The molecule has 0 unspecified atom stereocenters. The van der Waals surface area contributed by atoms with Crippen LogP contribution in [0.5, 0.6) is 34.5 Å². The number of likely N-dealkylation sites (tertiary alicyclic amines) is 3. The zero-order chi connectivity index (χ0) is 73.6. The van der Waals surface area contributed by atoms with Crippen LogP contribution in [0, 0.1) is 51.3 Å². The lowest BCUT2D eigenvalue weighted by Crippen LogP contribution is -2.25. The Morgan fingerprint density at radius 1 is 0.419 bits per heavy atom. The molecule has 3 aliphatic heterocycles. The minimum atomic E-state index is -0.365. The second-order valence-corrected chi connectivity index (χ2v) is 32.0. The first-order valence-electron chi connectivity index (χ1n) is 36.0. The van der Waals surface area contributed by atoms with Gasteiger partial charge in [-0.05, 0) is 245 Å². The second kappa shape index (κ2) is 33.1. The predicted octanol–water partition coefficient (Wildman–Crippen LogP) is 20.7. The van der Waals surface area contributed by atoms with Crippen molar-refractivity contribution in [1.82, 2.24) is 14.7 Å². The van der Waals surface area contributed by atoms with Crippen LogP contribution in [0.15, 0.2) is 182 Å². The summed E-state index contributed by atoms with van der Waals surface area (Å²) in [5, 5.41) is 33.5. The van der Waals surface area contributed by atoms with E-state index in [0.29, 0.717) is 61.7 Å². The molecule has 0 amide bonds. The van der Waals surface area contributed by atoms with Gasteiger partial charge < -0.3 is 29.5 Å². The largest absolute Gasteiger partial charge is 0.508 e. The Morgan fingerprint density at radius 3 is 1.06 bits per heavy atom. The first-order valence-corrected chi connectivity index (χ1v) is 38.9. The van der Waals surface area contributed by atoms with Crippen molar-refractivity contribution in [2.45, 2.75) is 67.7 Å². The molecule has 3 fully saturated rings. The fraction of sp³-hybridized carbons (Fsp3) is 0.284. The monoisotopic (exact) mass is 1480 g/mol. The number of ether oxygens (including phenoxy) is 3. The van der Waals surface area contributed by atoms with E-state index in [2.05, 4.69) is 35.5 Å². The number of aryl methyl sites for hydroxylation is 4. The van der Waals surface area contributed by atoms with Crippen LogP contribution in [0.2, 0.25) is 5.02 Å². The molecule has 0 saturated carbocycles. The number of phenolic OH excluding ortho intramolecular Hbond substituents is 3. The topological polar surface area (TPSA) is 149 Å². The highest BCUT2D eigenvalue weighted by Crippen LogP contribution is 2.46. The van der Waals surface area contributed by atoms with Crippen LogP contribution in [-0.2, 0) is 0 Å². The van der Waals surface area contributed by atoms with Gasteiger partial charge in [0.2, 0.25) is 17.3 Å². The van der Waals surface area contributed by atoms with Crippen molar-refractivity contribution < 1.29 is 48.3 Å². The van der Waals surface area contributed by atoms with Crippen molar-refractivity contribution in [2.75, 3.05) is 78.7 Å². The van der Waals surface area contributed by atoms with Gasteiger partial charge in [-0.15, -0.1) is 34.0 Å². The van der Waals surface area contributed by atoms with E-state index in [-0.39, 0.29) is 40.4 Å². The number of ketones is 3. The van der Waals surface area contributed by atoms with Crippen LogP contribution in [0.25, 0.3) is 63.6 Å². The molecule has 0 spiro atoms. The molecule has 0 aliphatic carbocycles. The maximum Gasteiger partial charge on any atom is 0.203 e. The molecule has 17 heteroatoms. The molecule has 105 heavy (non-hydrogen) atoms. The lowest BCUT2D eigenvalue weighted by atomic mass is 9.95. The highest BCUT2D eigenvalue weighted by Gasteiger charge is 2.28. The number of fused-ring (bicyclic) bond motifs is 3. The molecule has 0 radical (unpaired) electrons. The van der Waals surface area contributed by atoms with Crippen LogP contribution >= 0.6 is 45.6 Å². The van der Waals surface area contributed by atoms with Crippen LogP contribution in [0.4, 0.5) is 4.39 Å². The molecule has 12 aromatic rings. The van der Waals surface area contributed by atoms with Gasteiger partial charge in [-0.1, -0.05) is 92.5 Å². The zero-order valence-corrected chi connectivity index (χ0v) is 63.5. The molecular formula is C88H87ClFN3O9S3. The van der Waals surface area contributed by atoms with E-state index in [1.54, 1.807) is 55.5 Å². The summed E-state index contributed by atoms with van der Waals surface area (Å²) in [6.45, 7) is 26.2. The summed E-state index contributed by atoms with van der Waals surface area (Å²) in [4.78, 5) is 50.2. The summed E-state index contributed by atoms with van der Waals surface area (Å²) in [5.41, 5.74) is 10.8. The average molecular weight is 1480 g/mol. The molecule has 3 aromatic heterocycles. The number of hydrogen-bond donors (Lipinski definition) is 3. The molecule has 3 N–H and O–H groups in total. The van der Waals surface area contributed by atoms with Crippen molar-refractivity contribution in [3.63, 3.8) is 0 Å². The molecule has 6 heterocycles. The van der Waals surface area contributed by atoms with Crippen LogP contribution in [0.1, 0.15) is 108 Å². The quantitative estimate of drug-likeness (QED) is 0.0588. The smallest absolute Gasteiger partial charge is 0.203 e. The Balaban J connectivity index is 0.000000140. The molecular weight excluding hydrogens is 1390 g/mol. The number of benzene rings is 9. The Kier molecular flexibility index (Phi) is 23.3. The normalized spacial score (nSPS) is 16.1. The van der Waals surface area contributed by atoms with E-state index >= 15 is 0 Å². The number of hydrogen-bond acceptors (Lipinski definition) is 15. The third-order valence-electron chi connectivity index (χ3n) is 20.1. The van der Waals surface area contributed by atoms with E-state index in [4.69, 9.17) is 25.8 Å². The Morgan fingerprint density at radius 2 is 0.743 bits per heavy atom. The summed E-state index contributed by atoms with van der Waals surface area (Å²) >= 11 is 10.3. The number of halogens is 2. The summed E-state index contributed by atoms with van der Waals surface area (Å²) in [6, 6.07) is 55.0. The third kappa shape index (κ3) is 17.5. The maximum atomic E-state index is 13.7. The molecule has 3 aliphatic rings. The van der Waals surface area contributed by atoms with E-state index in [0.717, 1.165) is 174 Å². The number of rotatable bonds is 21. The fourth-order valence-corrected chi connectivity index (χ4v) is 18.4. The molecule has 9 aromatic carbocycles. The Bertz CT molecular complexity index is 4640. The number of nitrogens with zero attached hydrogens (tertiary/aromatic N) is 3. The van der Waals surface area contributed by atoms with Crippen LogP contribution in [-0.4, -0.2) is 126 Å². The van der Waals surface area contributed by atoms with Crippen molar-refractivity contribution in [3.8, 4) is 67.9 Å². The molecule has 15 rings (SSSR count). The number of carbonyl (C=O) groups excluding carboxylic acids is 3. The standard InChI is InChI=1S/C30H31NO3S.C29H28ClNO3S.C29H28FNO3S/c1-19-4-10-25(21(3)16-19)29(33)30-28(26-11-7-23(32)17-27(26)35-30)22-5-8-24(9-6-22)34-15-14-31-13-12-20(2)18-31;2*1-18-11-12-31(17-18)13-14-34-23-7-3-20(4-8-23)27-25-10-6-22(32)16-26(25)35-29(27)28(33)24-9-5-21(30)15-19(24)2/h4-11,16-17,20,32H,12-15,18H2,1-3H3;2*3-10,15-16,18,32H,11-14,17H2,1-2H3/t20-;2*18-/m111/s1. The van der Waals surface area contributed by atoms with E-state index < -0.39 is 0 Å². The van der Waals surface area contributed by atoms with Gasteiger partial charge in [-0.25, -0.2) is 4.39 Å². The van der Waals surface area contributed by atoms with Gasteiger partial charge in [0.15, 0.2) is 0 Å². The molecule has 3 saturated heterocycles. The van der Waals surface area contributed by atoms with Crippen LogP contribution < -0.4 is 14.2 Å². The van der Waals surface area contributed by atoms with Gasteiger partial charge >= 0.3 is 0 Å². The highest BCUT2D eigenvalue weighted by molar-refractivity contribution is 7.22. The highest BCUT2D eigenvalue weighted by atomic mass is 35.5. The third-order valence-corrected chi connectivity index (χ3v) is 23.8. The SMILES string of the molecule is Cc1cc(Cl)ccc1C(=O)c1sc2cc(O)ccc2c1-c1ccc(OCCN2CC[C@@H](C)C2)cc1.Cc1cc(F)ccc1C(=O)c1sc2cc(O)ccc2c1-c1ccc(OCCN2CC[C@@H](C)C2)cc1.Cc1ccc(C(=O)c2sc3cc(O)ccc3c2-c2ccc(OCCN3CC[C@@H](C)C3)cc2)c(C)c1. The summed E-state index contributed by atoms with van der Waals surface area (Å²) in [6.07, 6.45) is 3.78. The first-order chi connectivity index (χ1) is 50.7. The predicted molar refractivity (Wildman–Crippen MR) is 427 cm³/mol. The second-order valence-electron chi connectivity index (χ2n) is 28.4. The van der Waals surface area contributed by atoms with Crippen molar-refractivity contribution in [1.29, 1.82) is 0 Å². The van der Waals surface area contributed by atoms with E-state index in [9.17, 15) is 34.1 Å².